The van der Waals surface area contributed by atoms with Crippen LogP contribution in [0.15, 0.2) is 12.1 Å². The molecule has 0 aromatic heterocycles. The lowest BCUT2D eigenvalue weighted by molar-refractivity contribution is 0.362. The highest BCUT2D eigenvalue weighted by Gasteiger charge is 2.18. The van der Waals surface area contributed by atoms with Crippen LogP contribution in [0.5, 0.6) is 5.75 Å². The molecule has 0 aliphatic carbocycles. The summed E-state index contributed by atoms with van der Waals surface area (Å²) < 4.78 is 5.33. The third kappa shape index (κ3) is 4.65. The van der Waals surface area contributed by atoms with E-state index in [1.807, 2.05) is 19.1 Å². The number of methoxy groups -OCH3 is 1. The summed E-state index contributed by atoms with van der Waals surface area (Å²) in [5.74, 6) is 0.742. The summed E-state index contributed by atoms with van der Waals surface area (Å²) in [4.78, 5) is 0. The Labute approximate surface area is 120 Å². The van der Waals surface area contributed by atoms with Crippen LogP contribution >= 0.6 is 11.6 Å². The molecular weight excluding hydrogens is 260 g/mol. The number of rotatable bonds is 6. The second-order valence-corrected chi connectivity index (χ2v) is 5.88. The zero-order valence-electron chi connectivity index (χ0n) is 12.0. The molecule has 0 fully saturated rings. The van der Waals surface area contributed by atoms with Crippen molar-refractivity contribution in [3.8, 4) is 11.8 Å². The van der Waals surface area contributed by atoms with Gasteiger partial charge in [-0.1, -0.05) is 25.4 Å². The zero-order chi connectivity index (χ0) is 14.5. The quantitative estimate of drug-likeness (QED) is 0.840. The number of hydrogen-bond acceptors (Lipinski definition) is 3. The van der Waals surface area contributed by atoms with Gasteiger partial charge in [-0.05, 0) is 30.4 Å². The van der Waals surface area contributed by atoms with E-state index in [-0.39, 0.29) is 5.41 Å². The highest BCUT2D eigenvalue weighted by atomic mass is 35.5. The normalized spacial score (nSPS) is 10.9. The molecule has 0 saturated carbocycles. The van der Waals surface area contributed by atoms with Crippen molar-refractivity contribution in [3.05, 3.63) is 22.7 Å². The third-order valence-corrected chi connectivity index (χ3v) is 3.56. The minimum atomic E-state index is 0.0638. The third-order valence-electron chi connectivity index (χ3n) is 3.15. The molecule has 0 unspecified atom stereocenters. The molecule has 0 amide bonds. The Morgan fingerprint density at radius 2 is 2.11 bits per heavy atom. The largest absolute Gasteiger partial charge is 0.495 e. The zero-order valence-corrected chi connectivity index (χ0v) is 12.8. The van der Waals surface area contributed by atoms with E-state index in [0.717, 1.165) is 30.0 Å². The van der Waals surface area contributed by atoms with E-state index in [9.17, 15) is 0 Å². The highest BCUT2D eigenvalue weighted by Crippen LogP contribution is 2.32. The average Bonchev–Trinajstić information content (AvgIpc) is 2.37. The lowest BCUT2D eigenvalue weighted by atomic mass is 9.88. The smallest absolute Gasteiger partial charge is 0.143 e. The Morgan fingerprint density at radius 1 is 1.42 bits per heavy atom. The lowest BCUT2D eigenvalue weighted by Crippen LogP contribution is -2.23. The first-order valence-corrected chi connectivity index (χ1v) is 6.72. The van der Waals surface area contributed by atoms with Crippen molar-refractivity contribution >= 4 is 17.3 Å². The Bertz CT molecular complexity index is 478. The summed E-state index contributed by atoms with van der Waals surface area (Å²) in [6.07, 6.45) is 1.44. The van der Waals surface area contributed by atoms with Gasteiger partial charge in [0, 0.05) is 24.1 Å². The minimum Gasteiger partial charge on any atom is -0.495 e. The monoisotopic (exact) mass is 280 g/mol. The van der Waals surface area contributed by atoms with Gasteiger partial charge >= 0.3 is 0 Å². The van der Waals surface area contributed by atoms with Gasteiger partial charge in [-0.2, -0.15) is 5.26 Å². The topological polar surface area (TPSA) is 45.0 Å². The van der Waals surface area contributed by atoms with E-state index >= 15 is 0 Å². The van der Waals surface area contributed by atoms with Gasteiger partial charge in [0.1, 0.15) is 5.75 Å². The van der Waals surface area contributed by atoms with Crippen molar-refractivity contribution < 1.29 is 4.74 Å². The molecule has 1 aromatic carbocycles. The Hall–Kier alpha value is -1.40. The van der Waals surface area contributed by atoms with Crippen molar-refractivity contribution in [1.82, 2.24) is 0 Å². The van der Waals surface area contributed by atoms with Crippen LogP contribution in [0.3, 0.4) is 0 Å². The predicted octanol–water partition coefficient (Wildman–Crippen LogP) is 4.40. The second-order valence-electron chi connectivity index (χ2n) is 5.48. The number of nitriles is 1. The van der Waals surface area contributed by atoms with E-state index in [2.05, 4.69) is 25.2 Å². The van der Waals surface area contributed by atoms with Gasteiger partial charge in [0.25, 0.3) is 0 Å². The SMILES string of the molecule is COc1cc(Cl)c(C)cc1NCC(C)(C)CCC#N. The van der Waals surface area contributed by atoms with Crippen LogP contribution in [0.2, 0.25) is 5.02 Å². The molecule has 3 nitrogen and oxygen atoms in total. The molecule has 0 saturated heterocycles. The average molecular weight is 281 g/mol. The summed E-state index contributed by atoms with van der Waals surface area (Å²) in [5, 5.41) is 12.7. The van der Waals surface area contributed by atoms with Gasteiger partial charge in [-0.15, -0.1) is 0 Å². The van der Waals surface area contributed by atoms with Crippen LogP contribution in [-0.2, 0) is 0 Å². The maximum absolute atomic E-state index is 8.66. The van der Waals surface area contributed by atoms with Gasteiger partial charge < -0.3 is 10.1 Å². The van der Waals surface area contributed by atoms with E-state index in [0.29, 0.717) is 11.4 Å². The Morgan fingerprint density at radius 3 is 2.68 bits per heavy atom. The van der Waals surface area contributed by atoms with Gasteiger partial charge in [-0.25, -0.2) is 0 Å². The number of hydrogen-bond donors (Lipinski definition) is 1. The Balaban J connectivity index is 2.77. The fraction of sp³-hybridized carbons (Fsp3) is 0.533. The van der Waals surface area contributed by atoms with Crippen molar-refractivity contribution in [1.29, 1.82) is 5.26 Å². The summed E-state index contributed by atoms with van der Waals surface area (Å²) >= 11 is 6.08. The molecule has 0 bridgehead atoms. The maximum atomic E-state index is 8.66. The van der Waals surface area contributed by atoms with Gasteiger partial charge in [0.15, 0.2) is 0 Å². The first-order valence-electron chi connectivity index (χ1n) is 6.34. The molecule has 0 atom stereocenters. The number of nitrogens with zero attached hydrogens (tertiary/aromatic N) is 1. The fourth-order valence-corrected chi connectivity index (χ4v) is 1.94. The van der Waals surface area contributed by atoms with Crippen LogP contribution < -0.4 is 10.1 Å². The number of benzene rings is 1. The number of halogens is 1. The molecule has 0 radical (unpaired) electrons. The standard InChI is InChI=1S/C15H21ClN2O/c1-11-8-13(14(19-4)9-12(11)16)18-10-15(2,3)6-5-7-17/h8-9,18H,5-6,10H2,1-4H3. The fourth-order valence-electron chi connectivity index (χ4n) is 1.79. The van der Waals surface area contributed by atoms with E-state index in [1.54, 1.807) is 7.11 Å². The molecule has 19 heavy (non-hydrogen) atoms. The van der Waals surface area contributed by atoms with Gasteiger partial charge in [0.2, 0.25) is 0 Å². The van der Waals surface area contributed by atoms with Crippen molar-refractivity contribution in [2.24, 2.45) is 5.41 Å². The minimum absolute atomic E-state index is 0.0638. The van der Waals surface area contributed by atoms with E-state index < -0.39 is 0 Å². The van der Waals surface area contributed by atoms with Crippen LogP contribution in [0.1, 0.15) is 32.3 Å². The van der Waals surface area contributed by atoms with Crippen LogP contribution in [0.4, 0.5) is 5.69 Å². The van der Waals surface area contributed by atoms with Crippen LogP contribution in [0.25, 0.3) is 0 Å². The first-order chi connectivity index (χ1) is 8.89. The van der Waals surface area contributed by atoms with Gasteiger partial charge in [0.05, 0.1) is 18.9 Å². The molecule has 0 spiro atoms. The molecule has 0 aliphatic heterocycles. The number of anilines is 1. The first kappa shape index (κ1) is 15.7. The van der Waals surface area contributed by atoms with Gasteiger partial charge in [-0.3, -0.25) is 0 Å². The summed E-state index contributed by atoms with van der Waals surface area (Å²) in [6.45, 7) is 7.04. The maximum Gasteiger partial charge on any atom is 0.143 e. The van der Waals surface area contributed by atoms with Crippen molar-refractivity contribution in [2.45, 2.75) is 33.6 Å². The molecule has 4 heteroatoms. The number of ether oxygens (including phenoxy) is 1. The molecule has 1 N–H and O–H groups in total. The van der Waals surface area contributed by atoms with Crippen LogP contribution in [-0.4, -0.2) is 13.7 Å². The molecule has 0 heterocycles. The van der Waals surface area contributed by atoms with Crippen LogP contribution in [0, 0.1) is 23.7 Å². The summed E-state index contributed by atoms with van der Waals surface area (Å²) in [6, 6.07) is 6.00. The molecule has 0 aliphatic rings. The van der Waals surface area contributed by atoms with Crippen molar-refractivity contribution in [2.75, 3.05) is 19.0 Å². The summed E-state index contributed by atoms with van der Waals surface area (Å²) in [7, 11) is 1.63. The Kier molecular flexibility index (Phi) is 5.50. The molecule has 104 valence electrons. The highest BCUT2D eigenvalue weighted by molar-refractivity contribution is 6.31. The number of nitrogens with one attached hydrogen (secondary N) is 1. The van der Waals surface area contributed by atoms with E-state index in [1.165, 1.54) is 0 Å². The number of aryl methyl sites for hydroxylation is 1. The predicted molar refractivity (Wildman–Crippen MR) is 79.9 cm³/mol. The van der Waals surface area contributed by atoms with E-state index in [4.69, 9.17) is 21.6 Å². The molecule has 1 aromatic rings. The van der Waals surface area contributed by atoms with Crippen molar-refractivity contribution in [3.63, 3.8) is 0 Å². The molecular formula is C15H21ClN2O. The summed E-state index contributed by atoms with van der Waals surface area (Å²) in [5.41, 5.74) is 2.02. The molecule has 1 rings (SSSR count). The lowest BCUT2D eigenvalue weighted by Gasteiger charge is -2.25. The second kappa shape index (κ2) is 6.68.